The average molecular weight is 683 g/mol. The van der Waals surface area contributed by atoms with Crippen LogP contribution in [0.2, 0.25) is 0 Å². The molecule has 0 amide bonds. The Morgan fingerprint density at radius 2 is 1.22 bits per heavy atom. The zero-order valence-corrected chi connectivity index (χ0v) is 30.5. The van der Waals surface area contributed by atoms with Gasteiger partial charge in [-0.15, -0.1) is 0 Å². The van der Waals surface area contributed by atoms with Crippen molar-refractivity contribution in [3.63, 3.8) is 0 Å². The first-order chi connectivity index (χ1) is 23.7. The van der Waals surface area contributed by atoms with Crippen molar-refractivity contribution in [2.45, 2.75) is 136 Å². The van der Waals surface area contributed by atoms with E-state index in [-0.39, 0.29) is 60.1 Å². The van der Waals surface area contributed by atoms with Crippen LogP contribution < -0.4 is 0 Å². The third-order valence-electron chi connectivity index (χ3n) is 11.5. The lowest BCUT2D eigenvalue weighted by Gasteiger charge is -2.52. The molecule has 49 heavy (non-hydrogen) atoms. The van der Waals surface area contributed by atoms with Crippen molar-refractivity contribution in [3.8, 4) is 0 Å². The smallest absolute Gasteiger partial charge is 0.184 e. The highest BCUT2D eigenvalue weighted by atomic mass is 16.8. The van der Waals surface area contributed by atoms with Crippen molar-refractivity contribution in [2.75, 3.05) is 13.7 Å². The summed E-state index contributed by atoms with van der Waals surface area (Å²) >= 11 is 0. The number of methoxy groups -OCH3 is 1. The van der Waals surface area contributed by atoms with Crippen LogP contribution in [0.1, 0.15) is 78.7 Å². The van der Waals surface area contributed by atoms with Gasteiger partial charge in [-0.25, -0.2) is 0 Å². The molecule has 0 radical (unpaired) electrons. The Balaban J connectivity index is 1.24. The Morgan fingerprint density at radius 3 is 1.90 bits per heavy atom. The van der Waals surface area contributed by atoms with Crippen molar-refractivity contribution >= 4 is 0 Å². The second-order valence-electron chi connectivity index (χ2n) is 14.6. The molecular formula is C40H58O9. The molecule has 2 aromatic carbocycles. The molecule has 9 heteroatoms. The van der Waals surface area contributed by atoms with Crippen molar-refractivity contribution in [1.82, 2.24) is 0 Å². The summed E-state index contributed by atoms with van der Waals surface area (Å²) in [5, 5.41) is 0. The molecule has 2 aromatic rings. The minimum absolute atomic E-state index is 0.00580. The molecule has 16 atom stereocenters. The molecule has 7 unspecified atom stereocenters. The Bertz CT molecular complexity index is 1280. The molecule has 4 heterocycles. The van der Waals surface area contributed by atoms with Crippen LogP contribution in [0.5, 0.6) is 0 Å². The van der Waals surface area contributed by atoms with E-state index in [2.05, 4.69) is 72.7 Å². The van der Waals surface area contributed by atoms with E-state index < -0.39 is 37.4 Å². The molecule has 4 aliphatic rings. The van der Waals surface area contributed by atoms with Gasteiger partial charge in [0.15, 0.2) is 25.2 Å². The Kier molecular flexibility index (Phi) is 12.5. The zero-order chi connectivity index (χ0) is 34.7. The molecule has 0 N–H and O–H groups in total. The molecule has 0 aliphatic carbocycles. The zero-order valence-electron chi connectivity index (χ0n) is 30.5. The lowest BCUT2D eigenvalue weighted by atomic mass is 9.81. The van der Waals surface area contributed by atoms with Crippen molar-refractivity contribution in [3.05, 3.63) is 71.8 Å². The predicted molar refractivity (Wildman–Crippen MR) is 184 cm³/mol. The minimum atomic E-state index is -0.652. The van der Waals surface area contributed by atoms with Gasteiger partial charge in [-0.1, -0.05) is 109 Å². The van der Waals surface area contributed by atoms with E-state index in [4.69, 9.17) is 42.6 Å². The van der Waals surface area contributed by atoms with Crippen LogP contribution in [-0.2, 0) is 49.2 Å². The first-order valence-electron chi connectivity index (χ1n) is 18.5. The van der Waals surface area contributed by atoms with Crippen molar-refractivity contribution in [2.24, 2.45) is 29.6 Å². The van der Waals surface area contributed by atoms with E-state index in [1.165, 1.54) is 0 Å². The molecule has 4 fully saturated rings. The molecule has 0 spiro atoms. The van der Waals surface area contributed by atoms with Gasteiger partial charge in [0.2, 0.25) is 0 Å². The fourth-order valence-corrected chi connectivity index (χ4v) is 8.25. The lowest BCUT2D eigenvalue weighted by molar-refractivity contribution is -0.390. The SMILES string of the molecule is CCC1O[C@H](O[C@@H]2C(C)[C@@H](OC)OC3COC(c4ccccc4)O[C@H]32)C(O[C@H]2OC(CC)[C@@H](C)[C@H](OCc3ccccc3)C2C)[C@@H](C)[C@@H]1C. The quantitative estimate of drug-likeness (QED) is 0.243. The molecule has 0 aromatic heterocycles. The largest absolute Gasteiger partial charge is 0.373 e. The van der Waals surface area contributed by atoms with Crippen LogP contribution in [0, 0.1) is 29.6 Å². The first kappa shape index (κ1) is 36.9. The average Bonchev–Trinajstić information content (AvgIpc) is 3.13. The van der Waals surface area contributed by atoms with Crippen LogP contribution >= 0.6 is 0 Å². The second kappa shape index (κ2) is 16.6. The summed E-state index contributed by atoms with van der Waals surface area (Å²) in [6, 6.07) is 20.3. The van der Waals surface area contributed by atoms with Crippen molar-refractivity contribution < 1.29 is 42.6 Å². The predicted octanol–water partition coefficient (Wildman–Crippen LogP) is 7.28. The Labute approximate surface area is 293 Å². The molecule has 0 saturated carbocycles. The van der Waals surface area contributed by atoms with E-state index in [1.807, 2.05) is 36.4 Å². The number of ether oxygens (including phenoxy) is 9. The maximum Gasteiger partial charge on any atom is 0.184 e. The van der Waals surface area contributed by atoms with Gasteiger partial charge in [0.05, 0.1) is 37.6 Å². The topological polar surface area (TPSA) is 83.1 Å². The molecule has 4 aliphatic heterocycles. The molecule has 9 nitrogen and oxygen atoms in total. The Morgan fingerprint density at radius 1 is 0.612 bits per heavy atom. The van der Waals surface area contributed by atoms with E-state index in [9.17, 15) is 0 Å². The maximum absolute atomic E-state index is 7.10. The summed E-state index contributed by atoms with van der Waals surface area (Å²) in [5.41, 5.74) is 2.11. The van der Waals surface area contributed by atoms with Crippen LogP contribution in [0.4, 0.5) is 0 Å². The van der Waals surface area contributed by atoms with E-state index in [0.29, 0.717) is 13.2 Å². The van der Waals surface area contributed by atoms with Gasteiger partial charge in [0.25, 0.3) is 0 Å². The summed E-state index contributed by atoms with van der Waals surface area (Å²) in [7, 11) is 1.67. The molecule has 0 bridgehead atoms. The van der Waals surface area contributed by atoms with Gasteiger partial charge in [0.1, 0.15) is 18.3 Å². The standard InChI is InChI=1S/C40H58O9/c1-9-30-23(3)24(4)35(48-38-26(6)33(25(5)31(10-2)44-38)42-21-28-17-13-11-14-18-28)40(45-30)47-34-27(7)37(41-8)46-32-22-43-39(49-36(32)34)29-19-15-12-16-20-29/h11-20,23-27,30-40H,9-10,21-22H2,1-8H3/t23-,24-,25+,26?,27?,30?,31?,32?,33-,34+,35?,36+,37-,38+,39?,40+/m0/s1. The molecule has 4 saturated heterocycles. The number of fused-ring (bicyclic) bond motifs is 1. The summed E-state index contributed by atoms with van der Waals surface area (Å²) in [5.74, 6) is 0.454. The molecular weight excluding hydrogens is 624 g/mol. The maximum atomic E-state index is 7.10. The number of rotatable bonds is 11. The highest BCUT2D eigenvalue weighted by molar-refractivity contribution is 5.17. The molecule has 272 valence electrons. The lowest BCUT2D eigenvalue weighted by Crippen LogP contribution is -2.63. The second-order valence-corrected chi connectivity index (χ2v) is 14.6. The fourth-order valence-electron chi connectivity index (χ4n) is 8.25. The van der Waals surface area contributed by atoms with Gasteiger partial charge in [-0.2, -0.15) is 0 Å². The van der Waals surface area contributed by atoms with Crippen LogP contribution in [0.15, 0.2) is 60.7 Å². The van der Waals surface area contributed by atoms with Gasteiger partial charge in [-0.05, 0) is 30.2 Å². The van der Waals surface area contributed by atoms with Gasteiger partial charge >= 0.3 is 0 Å². The van der Waals surface area contributed by atoms with Crippen LogP contribution in [0.3, 0.4) is 0 Å². The third-order valence-corrected chi connectivity index (χ3v) is 11.5. The monoisotopic (exact) mass is 682 g/mol. The van der Waals surface area contributed by atoms with Gasteiger partial charge < -0.3 is 42.6 Å². The van der Waals surface area contributed by atoms with E-state index >= 15 is 0 Å². The minimum Gasteiger partial charge on any atom is -0.373 e. The number of hydrogen-bond donors (Lipinski definition) is 0. The van der Waals surface area contributed by atoms with Gasteiger partial charge in [-0.3, -0.25) is 0 Å². The number of hydrogen-bond acceptors (Lipinski definition) is 9. The van der Waals surface area contributed by atoms with E-state index in [0.717, 1.165) is 24.0 Å². The highest BCUT2D eigenvalue weighted by Gasteiger charge is 2.53. The normalized spacial score (nSPS) is 42.8. The third kappa shape index (κ3) is 7.96. The number of benzene rings is 2. The van der Waals surface area contributed by atoms with Crippen LogP contribution in [0.25, 0.3) is 0 Å². The first-order valence-corrected chi connectivity index (χ1v) is 18.5. The Hall–Kier alpha value is -1.92. The van der Waals surface area contributed by atoms with E-state index in [1.54, 1.807) is 7.11 Å². The summed E-state index contributed by atoms with van der Waals surface area (Å²) < 4.78 is 59.3. The fraction of sp³-hybridized carbons (Fsp3) is 0.700. The van der Waals surface area contributed by atoms with Gasteiger partial charge in [0, 0.05) is 30.4 Å². The summed E-state index contributed by atoms with van der Waals surface area (Å²) in [4.78, 5) is 0. The molecule has 6 rings (SSSR count). The highest BCUT2D eigenvalue weighted by Crippen LogP contribution is 2.43. The summed E-state index contributed by atoms with van der Waals surface area (Å²) in [6.07, 6.45) is -1.95. The van der Waals surface area contributed by atoms with Crippen LogP contribution in [-0.4, -0.2) is 75.3 Å². The summed E-state index contributed by atoms with van der Waals surface area (Å²) in [6.45, 7) is 16.2. The van der Waals surface area contributed by atoms with Crippen molar-refractivity contribution in [1.29, 1.82) is 0 Å².